The van der Waals surface area contributed by atoms with Gasteiger partial charge >= 0.3 is 6.09 Å². The van der Waals surface area contributed by atoms with Gasteiger partial charge in [0.1, 0.15) is 11.9 Å². The predicted octanol–water partition coefficient (Wildman–Crippen LogP) is 4.24. The molecule has 2 aromatic rings. The minimum Gasteiger partial charge on any atom is -0.443 e. The summed E-state index contributed by atoms with van der Waals surface area (Å²) in [6, 6.07) is 18.1. The van der Waals surface area contributed by atoms with E-state index in [1.165, 1.54) is 4.90 Å². The van der Waals surface area contributed by atoms with Crippen LogP contribution in [0.1, 0.15) is 26.3 Å². The molecule has 0 aliphatic rings. The molecule has 0 heterocycles. The molecule has 4 nitrogen and oxygen atoms in total. The van der Waals surface area contributed by atoms with Gasteiger partial charge in [-0.3, -0.25) is 4.90 Å². The molecule has 2 aromatic carbocycles. The molecule has 0 aliphatic heterocycles. The van der Waals surface area contributed by atoms with Crippen molar-refractivity contribution in [3.8, 4) is 0 Å². The molecule has 0 spiro atoms. The van der Waals surface area contributed by atoms with E-state index in [9.17, 15) is 9.59 Å². The Hall–Kier alpha value is -2.62. The molecule has 0 fully saturated rings. The Bertz CT molecular complexity index is 662. The van der Waals surface area contributed by atoms with Crippen LogP contribution >= 0.6 is 0 Å². The molecule has 1 unspecified atom stereocenters. The highest BCUT2D eigenvalue weighted by molar-refractivity contribution is 5.92. The highest BCUT2D eigenvalue weighted by Gasteiger charge is 2.29. The van der Waals surface area contributed by atoms with E-state index in [-0.39, 0.29) is 0 Å². The second-order valence-electron chi connectivity index (χ2n) is 6.58. The number of ether oxygens (including phenoxy) is 1. The van der Waals surface area contributed by atoms with Crippen LogP contribution in [0, 0.1) is 0 Å². The summed E-state index contributed by atoms with van der Waals surface area (Å²) in [5.41, 5.74) is 0.989. The van der Waals surface area contributed by atoms with Gasteiger partial charge in [-0.05, 0) is 38.5 Å². The van der Waals surface area contributed by atoms with Crippen molar-refractivity contribution >= 4 is 18.1 Å². The first-order chi connectivity index (χ1) is 11.4. The van der Waals surface area contributed by atoms with Crippen molar-refractivity contribution in [1.82, 2.24) is 0 Å². The average Bonchev–Trinajstić information content (AvgIpc) is 2.54. The Balaban J connectivity index is 2.32. The molecule has 0 bridgehead atoms. The number of benzene rings is 2. The molecule has 4 heteroatoms. The standard InChI is InChI=1S/C20H23NO3/c1-20(2,3)24-19(23)21(17-12-8-5-9-13-17)18(15-22)14-16-10-6-4-7-11-16/h4-13,15,18H,14H2,1-3H3. The molecule has 126 valence electrons. The third-order valence-electron chi connectivity index (χ3n) is 3.40. The number of aldehydes is 1. The minimum absolute atomic E-state index is 0.429. The number of hydrogen-bond donors (Lipinski definition) is 0. The van der Waals surface area contributed by atoms with Crippen LogP contribution in [0.5, 0.6) is 0 Å². The van der Waals surface area contributed by atoms with E-state index in [1.807, 2.05) is 48.5 Å². The summed E-state index contributed by atoms with van der Waals surface area (Å²) in [6.07, 6.45) is 0.698. The van der Waals surface area contributed by atoms with Crippen LogP contribution in [0.2, 0.25) is 0 Å². The Morgan fingerprint density at radius 1 is 1.04 bits per heavy atom. The van der Waals surface area contributed by atoms with E-state index in [1.54, 1.807) is 32.9 Å². The fraction of sp³-hybridized carbons (Fsp3) is 0.300. The molecular weight excluding hydrogens is 302 g/mol. The van der Waals surface area contributed by atoms with Crippen molar-refractivity contribution in [2.45, 2.75) is 38.8 Å². The monoisotopic (exact) mass is 325 g/mol. The average molecular weight is 325 g/mol. The first kappa shape index (κ1) is 17.7. The number of para-hydroxylation sites is 1. The zero-order valence-corrected chi connectivity index (χ0v) is 14.3. The number of carbonyl (C=O) groups excluding carboxylic acids is 2. The second-order valence-corrected chi connectivity index (χ2v) is 6.58. The van der Waals surface area contributed by atoms with E-state index < -0.39 is 17.7 Å². The number of rotatable bonds is 5. The lowest BCUT2D eigenvalue weighted by atomic mass is 10.1. The zero-order chi connectivity index (χ0) is 17.6. The molecule has 0 N–H and O–H groups in total. The van der Waals surface area contributed by atoms with Crippen LogP contribution in [0.4, 0.5) is 10.5 Å². The van der Waals surface area contributed by atoms with E-state index in [0.717, 1.165) is 11.8 Å². The van der Waals surface area contributed by atoms with Gasteiger partial charge in [0.25, 0.3) is 0 Å². The van der Waals surface area contributed by atoms with Gasteiger partial charge in [-0.25, -0.2) is 4.79 Å². The molecule has 0 aromatic heterocycles. The zero-order valence-electron chi connectivity index (χ0n) is 14.3. The highest BCUT2D eigenvalue weighted by Crippen LogP contribution is 2.22. The number of anilines is 1. The van der Waals surface area contributed by atoms with E-state index in [4.69, 9.17) is 4.74 Å². The number of carbonyl (C=O) groups is 2. The summed E-state index contributed by atoms with van der Waals surface area (Å²) >= 11 is 0. The molecule has 2 rings (SSSR count). The van der Waals surface area contributed by atoms with Crippen molar-refractivity contribution in [3.63, 3.8) is 0 Å². The Kier molecular flexibility index (Phi) is 5.74. The minimum atomic E-state index is -0.635. The summed E-state index contributed by atoms with van der Waals surface area (Å²) in [7, 11) is 0. The van der Waals surface area contributed by atoms with E-state index in [0.29, 0.717) is 12.1 Å². The summed E-state index contributed by atoms with van der Waals surface area (Å²) in [5.74, 6) is 0. The van der Waals surface area contributed by atoms with Gasteiger partial charge in [0.15, 0.2) is 0 Å². The van der Waals surface area contributed by atoms with Gasteiger partial charge in [0.2, 0.25) is 0 Å². The van der Waals surface area contributed by atoms with Crippen LogP contribution < -0.4 is 4.90 Å². The van der Waals surface area contributed by atoms with Gasteiger partial charge < -0.3 is 9.53 Å². The first-order valence-corrected chi connectivity index (χ1v) is 7.97. The fourth-order valence-electron chi connectivity index (χ4n) is 2.39. The predicted molar refractivity (Wildman–Crippen MR) is 95.2 cm³/mol. The number of hydrogen-bond acceptors (Lipinski definition) is 3. The molecule has 1 atom stereocenters. The van der Waals surface area contributed by atoms with Crippen molar-refractivity contribution in [2.75, 3.05) is 4.90 Å². The fourth-order valence-corrected chi connectivity index (χ4v) is 2.39. The van der Waals surface area contributed by atoms with Crippen molar-refractivity contribution in [1.29, 1.82) is 0 Å². The SMILES string of the molecule is CC(C)(C)OC(=O)N(c1ccccc1)C(C=O)Cc1ccccc1. The molecule has 1 amide bonds. The highest BCUT2D eigenvalue weighted by atomic mass is 16.6. The first-order valence-electron chi connectivity index (χ1n) is 7.97. The molecule has 0 radical (unpaired) electrons. The van der Waals surface area contributed by atoms with Crippen LogP contribution in [-0.2, 0) is 16.0 Å². The van der Waals surface area contributed by atoms with Crippen molar-refractivity contribution in [2.24, 2.45) is 0 Å². The Morgan fingerprint density at radius 3 is 2.08 bits per heavy atom. The largest absolute Gasteiger partial charge is 0.443 e. The summed E-state index contributed by atoms with van der Waals surface area (Å²) in [6.45, 7) is 5.42. The van der Waals surface area contributed by atoms with Gasteiger partial charge in [0, 0.05) is 12.1 Å². The normalized spacial score (nSPS) is 12.3. The third kappa shape index (κ3) is 4.95. The van der Waals surface area contributed by atoms with E-state index in [2.05, 4.69) is 0 Å². The van der Waals surface area contributed by atoms with Crippen LogP contribution in [0.3, 0.4) is 0 Å². The van der Waals surface area contributed by atoms with Gasteiger partial charge in [-0.1, -0.05) is 48.5 Å². The summed E-state index contributed by atoms with van der Waals surface area (Å²) in [4.78, 5) is 25.9. The topological polar surface area (TPSA) is 46.6 Å². The van der Waals surface area contributed by atoms with Crippen LogP contribution in [0.25, 0.3) is 0 Å². The Labute approximate surface area is 143 Å². The maximum atomic E-state index is 12.7. The quantitative estimate of drug-likeness (QED) is 0.773. The summed E-state index contributed by atoms with van der Waals surface area (Å²) in [5, 5.41) is 0. The lowest BCUT2D eigenvalue weighted by molar-refractivity contribution is -0.109. The maximum Gasteiger partial charge on any atom is 0.415 e. The van der Waals surface area contributed by atoms with E-state index >= 15 is 0 Å². The molecule has 24 heavy (non-hydrogen) atoms. The third-order valence-corrected chi connectivity index (χ3v) is 3.40. The van der Waals surface area contributed by atoms with Gasteiger partial charge in [0.05, 0.1) is 6.04 Å². The second kappa shape index (κ2) is 7.77. The number of nitrogens with zero attached hydrogens (tertiary/aromatic N) is 1. The molecular formula is C20H23NO3. The van der Waals surface area contributed by atoms with Gasteiger partial charge in [-0.15, -0.1) is 0 Å². The van der Waals surface area contributed by atoms with Gasteiger partial charge in [-0.2, -0.15) is 0 Å². The molecule has 0 saturated carbocycles. The molecule has 0 saturated heterocycles. The van der Waals surface area contributed by atoms with Crippen LogP contribution in [0.15, 0.2) is 60.7 Å². The lowest BCUT2D eigenvalue weighted by Gasteiger charge is -2.31. The summed E-state index contributed by atoms with van der Waals surface area (Å²) < 4.78 is 5.50. The molecule has 0 aliphatic carbocycles. The van der Waals surface area contributed by atoms with Crippen LogP contribution in [-0.4, -0.2) is 24.0 Å². The lowest BCUT2D eigenvalue weighted by Crippen LogP contribution is -2.45. The van der Waals surface area contributed by atoms with Crippen molar-refractivity contribution in [3.05, 3.63) is 66.2 Å². The Morgan fingerprint density at radius 2 is 1.58 bits per heavy atom. The number of amides is 1. The maximum absolute atomic E-state index is 12.7. The van der Waals surface area contributed by atoms with Crippen molar-refractivity contribution < 1.29 is 14.3 Å². The smallest absolute Gasteiger partial charge is 0.415 e.